The van der Waals surface area contributed by atoms with Gasteiger partial charge in [-0.25, -0.2) is 4.79 Å². The summed E-state index contributed by atoms with van der Waals surface area (Å²) in [5.41, 5.74) is 0. The highest BCUT2D eigenvalue weighted by Gasteiger charge is 2.24. The molecular weight excluding hydrogens is 348 g/mol. The zero-order valence-electron chi connectivity index (χ0n) is 16.7. The molecule has 2 fully saturated rings. The minimum atomic E-state index is -0.739. The zero-order valence-corrected chi connectivity index (χ0v) is 16.7. The molecule has 0 spiro atoms. The maximum atomic E-state index is 11.3. The Morgan fingerprint density at radius 3 is 1.29 bits per heavy atom. The molecule has 2 aliphatic carbocycles. The van der Waals surface area contributed by atoms with Gasteiger partial charge in [-0.2, -0.15) is 0 Å². The van der Waals surface area contributed by atoms with Crippen molar-refractivity contribution in [1.82, 2.24) is 0 Å². The third-order valence-corrected chi connectivity index (χ3v) is 5.86. The summed E-state index contributed by atoms with van der Waals surface area (Å²) < 4.78 is 9.91. The fourth-order valence-corrected chi connectivity index (χ4v) is 4.40. The molecule has 3 heteroatoms. The fraction of sp³-hybridized carbons (Fsp3) is 0.480. The van der Waals surface area contributed by atoms with Gasteiger partial charge in [0.25, 0.3) is 0 Å². The van der Waals surface area contributed by atoms with Gasteiger partial charge in [0, 0.05) is 0 Å². The predicted molar refractivity (Wildman–Crippen MR) is 113 cm³/mol. The van der Waals surface area contributed by atoms with E-state index in [9.17, 15) is 4.79 Å². The van der Waals surface area contributed by atoms with Crippen LogP contribution in [-0.2, 0) is 0 Å². The summed E-state index contributed by atoms with van der Waals surface area (Å²) in [7, 11) is 0. The van der Waals surface area contributed by atoms with Crippen LogP contribution in [0.3, 0.4) is 0 Å². The van der Waals surface area contributed by atoms with Crippen LogP contribution >= 0.6 is 0 Å². The molecule has 4 rings (SSSR count). The van der Waals surface area contributed by atoms with E-state index in [1.54, 1.807) is 74.2 Å². The highest BCUT2D eigenvalue weighted by atomic mass is 16.7. The molecule has 2 saturated carbocycles. The Kier molecular flexibility index (Phi) is 8.42. The second-order valence-corrected chi connectivity index (χ2v) is 7.88. The van der Waals surface area contributed by atoms with Gasteiger partial charge in [0.05, 0.1) is 0 Å². The first-order valence-corrected chi connectivity index (χ1v) is 10.8. The minimum absolute atomic E-state index is 0.462. The molecule has 28 heavy (non-hydrogen) atoms. The number of hydrogen-bond donors (Lipinski definition) is 0. The smallest absolute Gasteiger partial charge is 0.395 e. The topological polar surface area (TPSA) is 35.5 Å². The van der Waals surface area contributed by atoms with Crippen LogP contribution in [0.1, 0.15) is 64.2 Å². The predicted octanol–water partition coefficient (Wildman–Crippen LogP) is 7.41. The van der Waals surface area contributed by atoms with E-state index in [4.69, 9.17) is 9.47 Å². The number of ether oxygens (including phenoxy) is 2. The Morgan fingerprint density at radius 1 is 0.571 bits per heavy atom. The minimum Gasteiger partial charge on any atom is -0.395 e. The van der Waals surface area contributed by atoms with Crippen molar-refractivity contribution < 1.29 is 14.3 Å². The molecule has 0 N–H and O–H groups in total. The van der Waals surface area contributed by atoms with Crippen LogP contribution < -0.4 is 9.47 Å². The van der Waals surface area contributed by atoms with E-state index < -0.39 is 6.16 Å². The van der Waals surface area contributed by atoms with Gasteiger partial charge in [0.1, 0.15) is 11.5 Å². The molecule has 0 aliphatic heterocycles. The van der Waals surface area contributed by atoms with Gasteiger partial charge in [0.2, 0.25) is 0 Å². The van der Waals surface area contributed by atoms with E-state index in [1.165, 1.54) is 38.5 Å². The van der Waals surface area contributed by atoms with E-state index >= 15 is 0 Å². The average molecular weight is 381 g/mol. The van der Waals surface area contributed by atoms with Gasteiger partial charge in [-0.05, 0) is 36.1 Å². The molecule has 0 heterocycles. The molecule has 150 valence electrons. The van der Waals surface area contributed by atoms with Crippen LogP contribution in [0.5, 0.6) is 11.5 Å². The Labute approximate surface area is 169 Å². The Morgan fingerprint density at radius 2 is 0.929 bits per heavy atom. The maximum Gasteiger partial charge on any atom is 0.519 e. The van der Waals surface area contributed by atoms with Gasteiger partial charge in [-0.1, -0.05) is 101 Å². The van der Waals surface area contributed by atoms with E-state index in [0.717, 1.165) is 11.8 Å². The molecule has 0 atom stereocenters. The van der Waals surface area contributed by atoms with Crippen molar-refractivity contribution in [2.45, 2.75) is 64.2 Å². The summed E-state index contributed by atoms with van der Waals surface area (Å²) in [5, 5.41) is 0. The van der Waals surface area contributed by atoms with Crippen molar-refractivity contribution in [3.05, 3.63) is 60.7 Å². The lowest BCUT2D eigenvalue weighted by Gasteiger charge is -2.32. The first kappa shape index (κ1) is 20.4. The first-order chi connectivity index (χ1) is 13.8. The molecule has 2 aromatic carbocycles. The summed E-state index contributed by atoms with van der Waals surface area (Å²) in [6.45, 7) is 0. The Bertz CT molecular complexity index is 612. The van der Waals surface area contributed by atoms with Crippen molar-refractivity contribution >= 4 is 6.16 Å². The lowest BCUT2D eigenvalue weighted by atomic mass is 9.73. The quantitative estimate of drug-likeness (QED) is 0.411. The first-order valence-electron chi connectivity index (χ1n) is 10.8. The molecule has 0 unspecified atom stereocenters. The van der Waals surface area contributed by atoms with E-state index in [-0.39, 0.29) is 0 Å². The van der Waals surface area contributed by atoms with Crippen molar-refractivity contribution in [2.75, 3.05) is 0 Å². The highest BCUT2D eigenvalue weighted by Crippen LogP contribution is 2.37. The summed E-state index contributed by atoms with van der Waals surface area (Å²) in [5.74, 6) is 3.20. The largest absolute Gasteiger partial charge is 0.519 e. The maximum absolute atomic E-state index is 11.3. The number of carbonyl (C=O) groups excluding carboxylic acids is 1. The van der Waals surface area contributed by atoms with Gasteiger partial charge >= 0.3 is 6.16 Å². The third-order valence-electron chi connectivity index (χ3n) is 5.86. The molecule has 0 bridgehead atoms. The number of rotatable bonds is 3. The van der Waals surface area contributed by atoms with Crippen LogP contribution in [0.2, 0.25) is 0 Å². The average Bonchev–Trinajstić information content (AvgIpc) is 2.77. The number of hydrogen-bond acceptors (Lipinski definition) is 3. The molecule has 3 nitrogen and oxygen atoms in total. The molecule has 0 radical (unpaired) electrons. The Balaban J connectivity index is 0.000000167. The van der Waals surface area contributed by atoms with Gasteiger partial charge in [-0.15, -0.1) is 0 Å². The van der Waals surface area contributed by atoms with Crippen LogP contribution in [0.15, 0.2) is 60.7 Å². The second kappa shape index (κ2) is 11.5. The van der Waals surface area contributed by atoms with Crippen LogP contribution in [0.25, 0.3) is 0 Å². The lowest BCUT2D eigenvalue weighted by molar-refractivity contribution is 0.152. The normalized spacial score (nSPS) is 17.9. The van der Waals surface area contributed by atoms with Crippen molar-refractivity contribution in [2.24, 2.45) is 11.8 Å². The standard InChI is InChI=1S/C13H10O3.C12H22/c14-13(15-11-7-3-1-4-8-11)16-12-9-5-2-6-10-12;1-3-7-11(8-4-1)12-9-5-2-6-10-12/h1-10H;11-12H,1-10H2. The monoisotopic (exact) mass is 380 g/mol. The summed E-state index contributed by atoms with van der Waals surface area (Å²) in [6.07, 6.45) is 14.7. The summed E-state index contributed by atoms with van der Waals surface area (Å²) in [6, 6.07) is 17.6. The molecule has 0 aromatic heterocycles. The van der Waals surface area contributed by atoms with Crippen molar-refractivity contribution in [1.29, 1.82) is 0 Å². The Hall–Kier alpha value is -2.29. The molecule has 0 saturated heterocycles. The zero-order chi connectivity index (χ0) is 19.4. The molecule has 0 amide bonds. The number of carbonyl (C=O) groups is 1. The molecule has 2 aromatic rings. The van der Waals surface area contributed by atoms with Crippen LogP contribution in [-0.4, -0.2) is 6.16 Å². The van der Waals surface area contributed by atoms with E-state index in [1.807, 2.05) is 12.1 Å². The van der Waals surface area contributed by atoms with Crippen molar-refractivity contribution in [3.8, 4) is 11.5 Å². The van der Waals surface area contributed by atoms with Gasteiger partial charge in [-0.3, -0.25) is 0 Å². The lowest BCUT2D eigenvalue weighted by Crippen LogP contribution is -2.20. The SMILES string of the molecule is C1CCC(C2CCCCC2)CC1.O=C(Oc1ccccc1)Oc1ccccc1. The van der Waals surface area contributed by atoms with Gasteiger partial charge < -0.3 is 9.47 Å². The number of para-hydroxylation sites is 2. The van der Waals surface area contributed by atoms with Crippen LogP contribution in [0.4, 0.5) is 4.79 Å². The second-order valence-electron chi connectivity index (χ2n) is 7.88. The third kappa shape index (κ3) is 7.03. The van der Waals surface area contributed by atoms with Crippen LogP contribution in [0, 0.1) is 11.8 Å². The highest BCUT2D eigenvalue weighted by molar-refractivity contribution is 5.66. The van der Waals surface area contributed by atoms with E-state index in [0.29, 0.717) is 11.5 Å². The van der Waals surface area contributed by atoms with E-state index in [2.05, 4.69) is 0 Å². The number of benzene rings is 2. The summed E-state index contributed by atoms with van der Waals surface area (Å²) >= 11 is 0. The molecule has 2 aliphatic rings. The fourth-order valence-electron chi connectivity index (χ4n) is 4.40. The molecular formula is C25H32O3. The van der Waals surface area contributed by atoms with Crippen molar-refractivity contribution in [3.63, 3.8) is 0 Å². The van der Waals surface area contributed by atoms with Gasteiger partial charge in [0.15, 0.2) is 0 Å². The summed E-state index contributed by atoms with van der Waals surface area (Å²) in [4.78, 5) is 11.3.